The van der Waals surface area contributed by atoms with Crippen molar-refractivity contribution in [3.05, 3.63) is 42.7 Å². The van der Waals surface area contributed by atoms with Crippen molar-refractivity contribution < 1.29 is 17.9 Å². The quantitative estimate of drug-likeness (QED) is 0.772. The molecule has 2 nitrogen and oxygen atoms in total. The molecule has 0 atom stereocenters. The molecule has 0 spiro atoms. The molecule has 4 heteroatoms. The number of benzene rings is 1. The molecule has 0 aliphatic rings. The molecule has 2 aromatic rings. The zero-order valence-electron chi connectivity index (χ0n) is 7.69. The maximum absolute atomic E-state index is 12.1. The summed E-state index contributed by atoms with van der Waals surface area (Å²) in [6.07, 6.45) is 1.48. The molecule has 0 amide bonds. The van der Waals surface area contributed by atoms with Crippen molar-refractivity contribution in [1.29, 1.82) is 0 Å². The minimum absolute atomic E-state index is 0.113. The number of halogens is 2. The van der Waals surface area contributed by atoms with E-state index in [1.54, 1.807) is 30.3 Å². The molecule has 0 unspecified atom stereocenters. The van der Waals surface area contributed by atoms with Crippen LogP contribution in [0, 0.1) is 0 Å². The average molecular weight is 210 g/mol. The monoisotopic (exact) mass is 210 g/mol. The maximum atomic E-state index is 12.1. The Bertz CT molecular complexity index is 424. The van der Waals surface area contributed by atoms with Gasteiger partial charge in [0, 0.05) is 0 Å². The molecule has 15 heavy (non-hydrogen) atoms. The lowest BCUT2D eigenvalue weighted by Crippen LogP contribution is -2.02. The van der Waals surface area contributed by atoms with Crippen molar-refractivity contribution in [3.63, 3.8) is 0 Å². The van der Waals surface area contributed by atoms with Crippen LogP contribution in [-0.4, -0.2) is 6.61 Å². The van der Waals surface area contributed by atoms with E-state index < -0.39 is 6.61 Å². The normalized spacial score (nSPS) is 10.6. The van der Waals surface area contributed by atoms with Crippen molar-refractivity contribution in [2.45, 2.75) is 6.61 Å². The molecule has 1 heterocycles. The predicted octanol–water partition coefficient (Wildman–Crippen LogP) is 3.55. The van der Waals surface area contributed by atoms with E-state index in [1.165, 1.54) is 12.3 Å². The first-order valence-corrected chi connectivity index (χ1v) is 4.35. The molecule has 0 fully saturated rings. The second kappa shape index (κ2) is 4.13. The first-order valence-electron chi connectivity index (χ1n) is 4.35. The Hall–Kier alpha value is -1.84. The highest BCUT2D eigenvalue weighted by atomic mass is 19.3. The highest BCUT2D eigenvalue weighted by Crippen LogP contribution is 2.30. The SMILES string of the molecule is FC(F)Oc1ccccc1-c1ccco1. The van der Waals surface area contributed by atoms with Crippen molar-refractivity contribution in [2.24, 2.45) is 0 Å². The van der Waals surface area contributed by atoms with Crippen LogP contribution in [0.25, 0.3) is 11.3 Å². The van der Waals surface area contributed by atoms with Gasteiger partial charge in [0.1, 0.15) is 11.5 Å². The number of para-hydroxylation sites is 1. The Kier molecular flexibility index (Phi) is 2.67. The van der Waals surface area contributed by atoms with Gasteiger partial charge in [0.05, 0.1) is 11.8 Å². The van der Waals surface area contributed by atoms with Gasteiger partial charge in [-0.25, -0.2) is 0 Å². The number of alkyl halides is 2. The van der Waals surface area contributed by atoms with Gasteiger partial charge in [-0.2, -0.15) is 8.78 Å². The Labute approximate surface area is 85.1 Å². The number of hydrogen-bond acceptors (Lipinski definition) is 2. The van der Waals surface area contributed by atoms with E-state index in [2.05, 4.69) is 4.74 Å². The van der Waals surface area contributed by atoms with Gasteiger partial charge < -0.3 is 9.15 Å². The summed E-state index contributed by atoms with van der Waals surface area (Å²) in [6, 6.07) is 9.88. The second-order valence-electron chi connectivity index (χ2n) is 2.85. The minimum Gasteiger partial charge on any atom is -0.464 e. The van der Waals surface area contributed by atoms with Crippen LogP contribution in [0.4, 0.5) is 8.78 Å². The summed E-state index contributed by atoms with van der Waals surface area (Å²) >= 11 is 0. The fourth-order valence-corrected chi connectivity index (χ4v) is 1.30. The van der Waals surface area contributed by atoms with Gasteiger partial charge in [-0.1, -0.05) is 12.1 Å². The molecule has 1 aromatic heterocycles. The first-order chi connectivity index (χ1) is 7.27. The predicted molar refractivity (Wildman–Crippen MR) is 50.8 cm³/mol. The van der Waals surface area contributed by atoms with Crippen LogP contribution in [0.15, 0.2) is 47.1 Å². The molecular formula is C11H8F2O2. The van der Waals surface area contributed by atoms with Crippen molar-refractivity contribution in [3.8, 4) is 17.1 Å². The van der Waals surface area contributed by atoms with Gasteiger partial charge in [-0.3, -0.25) is 0 Å². The summed E-state index contributed by atoms with van der Waals surface area (Å²) in [5.41, 5.74) is 0.516. The van der Waals surface area contributed by atoms with Gasteiger partial charge in [0.25, 0.3) is 0 Å². The molecule has 0 aliphatic heterocycles. The number of hydrogen-bond donors (Lipinski definition) is 0. The summed E-state index contributed by atoms with van der Waals surface area (Å²) in [5.74, 6) is 0.619. The topological polar surface area (TPSA) is 22.4 Å². The first kappa shape index (κ1) is 9.71. The molecule has 0 saturated heterocycles. The lowest BCUT2D eigenvalue weighted by Gasteiger charge is -2.07. The second-order valence-corrected chi connectivity index (χ2v) is 2.85. The van der Waals surface area contributed by atoms with Gasteiger partial charge in [0.15, 0.2) is 0 Å². The van der Waals surface area contributed by atoms with Crippen LogP contribution in [-0.2, 0) is 0 Å². The summed E-state index contributed by atoms with van der Waals surface area (Å²) in [4.78, 5) is 0. The Morgan fingerprint density at radius 1 is 1.07 bits per heavy atom. The van der Waals surface area contributed by atoms with Crippen LogP contribution < -0.4 is 4.74 Å². The van der Waals surface area contributed by atoms with Crippen LogP contribution in [0.3, 0.4) is 0 Å². The lowest BCUT2D eigenvalue weighted by atomic mass is 10.1. The highest BCUT2D eigenvalue weighted by Gasteiger charge is 2.11. The minimum atomic E-state index is -2.83. The fraction of sp³-hybridized carbons (Fsp3) is 0.0909. The third kappa shape index (κ3) is 2.15. The van der Waals surface area contributed by atoms with Gasteiger partial charge in [0.2, 0.25) is 0 Å². The lowest BCUT2D eigenvalue weighted by molar-refractivity contribution is -0.0495. The maximum Gasteiger partial charge on any atom is 0.387 e. The molecule has 0 aliphatic carbocycles. The van der Waals surface area contributed by atoms with Crippen LogP contribution >= 0.6 is 0 Å². The van der Waals surface area contributed by atoms with Crippen molar-refractivity contribution >= 4 is 0 Å². The van der Waals surface area contributed by atoms with E-state index in [1.807, 2.05) is 0 Å². The van der Waals surface area contributed by atoms with Crippen LogP contribution in [0.2, 0.25) is 0 Å². The van der Waals surface area contributed by atoms with Crippen LogP contribution in [0.1, 0.15) is 0 Å². The Morgan fingerprint density at radius 2 is 1.87 bits per heavy atom. The van der Waals surface area contributed by atoms with Crippen molar-refractivity contribution in [1.82, 2.24) is 0 Å². The molecule has 0 saturated carbocycles. The third-order valence-corrected chi connectivity index (χ3v) is 1.89. The van der Waals surface area contributed by atoms with Gasteiger partial charge in [-0.05, 0) is 24.3 Å². The van der Waals surface area contributed by atoms with E-state index >= 15 is 0 Å². The zero-order chi connectivity index (χ0) is 10.7. The molecule has 0 bridgehead atoms. The highest BCUT2D eigenvalue weighted by molar-refractivity contribution is 5.65. The summed E-state index contributed by atoms with van der Waals surface area (Å²) in [7, 11) is 0. The van der Waals surface area contributed by atoms with E-state index in [9.17, 15) is 8.78 Å². The molecular weight excluding hydrogens is 202 g/mol. The smallest absolute Gasteiger partial charge is 0.387 e. The van der Waals surface area contributed by atoms with Crippen LogP contribution in [0.5, 0.6) is 5.75 Å². The summed E-state index contributed by atoms with van der Waals surface area (Å²) in [6.45, 7) is -2.83. The van der Waals surface area contributed by atoms with Gasteiger partial charge >= 0.3 is 6.61 Å². The molecule has 0 radical (unpaired) electrons. The van der Waals surface area contributed by atoms with Gasteiger partial charge in [-0.15, -0.1) is 0 Å². The average Bonchev–Trinajstić information content (AvgIpc) is 2.70. The van der Waals surface area contributed by atoms with Crippen molar-refractivity contribution in [2.75, 3.05) is 0 Å². The fourth-order valence-electron chi connectivity index (χ4n) is 1.30. The number of ether oxygens (including phenoxy) is 1. The van der Waals surface area contributed by atoms with E-state index in [4.69, 9.17) is 4.42 Å². The molecule has 2 rings (SSSR count). The van der Waals surface area contributed by atoms with E-state index in [0.29, 0.717) is 11.3 Å². The zero-order valence-corrected chi connectivity index (χ0v) is 7.69. The molecule has 0 N–H and O–H groups in total. The third-order valence-electron chi connectivity index (χ3n) is 1.89. The summed E-state index contributed by atoms with van der Waals surface area (Å²) < 4.78 is 33.7. The number of furan rings is 1. The molecule has 78 valence electrons. The summed E-state index contributed by atoms with van der Waals surface area (Å²) in [5, 5.41) is 0. The molecule has 1 aromatic carbocycles. The van der Waals surface area contributed by atoms with E-state index in [0.717, 1.165) is 0 Å². The van der Waals surface area contributed by atoms with E-state index in [-0.39, 0.29) is 5.75 Å². The largest absolute Gasteiger partial charge is 0.464 e. The standard InChI is InChI=1S/C11H8F2O2/c12-11(13)15-10-5-2-1-4-8(10)9-6-3-7-14-9/h1-7,11H. The number of rotatable bonds is 3. The Balaban J connectivity index is 2.38. The Morgan fingerprint density at radius 3 is 2.53 bits per heavy atom.